The third-order valence-electron chi connectivity index (χ3n) is 5.57. The fourth-order valence-corrected chi connectivity index (χ4v) is 4.13. The highest BCUT2D eigenvalue weighted by molar-refractivity contribution is 6.01. The van der Waals surface area contributed by atoms with Crippen LogP contribution in [-0.2, 0) is 19.0 Å². The Morgan fingerprint density at radius 3 is 2.20 bits per heavy atom. The summed E-state index contributed by atoms with van der Waals surface area (Å²) < 4.78 is 17.9. The van der Waals surface area contributed by atoms with Crippen LogP contribution in [0.5, 0.6) is 0 Å². The van der Waals surface area contributed by atoms with Crippen LogP contribution < -0.4 is 0 Å². The molecule has 1 aromatic carbocycles. The number of carbonyl (C=O) groups is 3. The van der Waals surface area contributed by atoms with Crippen molar-refractivity contribution in [1.82, 2.24) is 9.47 Å². The minimum atomic E-state index is -0.650. The third-order valence-corrected chi connectivity index (χ3v) is 5.57. The average Bonchev–Trinajstić information content (AvgIpc) is 3.14. The molecule has 0 bridgehead atoms. The number of benzene rings is 1. The number of esters is 1. The molecule has 1 aliphatic rings. The molecule has 1 aliphatic heterocycles. The second kappa shape index (κ2) is 9.76. The van der Waals surface area contributed by atoms with Crippen molar-refractivity contribution in [3.05, 3.63) is 41.6 Å². The van der Waals surface area contributed by atoms with Gasteiger partial charge in [-0.05, 0) is 85.1 Å². The molecule has 0 saturated heterocycles. The van der Waals surface area contributed by atoms with Crippen molar-refractivity contribution in [2.45, 2.75) is 79.1 Å². The van der Waals surface area contributed by atoms with Gasteiger partial charge in [-0.1, -0.05) is 12.1 Å². The number of hydrogen-bond acceptors (Lipinski definition) is 6. The first-order valence-electron chi connectivity index (χ1n) is 12.0. The lowest BCUT2D eigenvalue weighted by Gasteiger charge is -2.37. The first-order chi connectivity index (χ1) is 16.2. The number of hydrogen-bond donors (Lipinski definition) is 0. The lowest BCUT2D eigenvalue weighted by Crippen LogP contribution is -2.47. The fraction of sp³-hybridized carbons (Fsp3) is 0.519. The van der Waals surface area contributed by atoms with E-state index in [1.807, 2.05) is 65.8 Å². The lowest BCUT2D eigenvalue weighted by atomic mass is 9.88. The van der Waals surface area contributed by atoms with E-state index in [0.29, 0.717) is 24.1 Å². The molecule has 0 aliphatic carbocycles. The number of aromatic nitrogens is 1. The van der Waals surface area contributed by atoms with Crippen LogP contribution in [0.1, 0.15) is 67.4 Å². The van der Waals surface area contributed by atoms with E-state index in [0.717, 1.165) is 16.5 Å². The van der Waals surface area contributed by atoms with Gasteiger partial charge in [0, 0.05) is 18.1 Å². The van der Waals surface area contributed by atoms with Crippen LogP contribution in [0.25, 0.3) is 16.5 Å². The Morgan fingerprint density at radius 1 is 0.971 bits per heavy atom. The highest BCUT2D eigenvalue weighted by Crippen LogP contribution is 2.34. The van der Waals surface area contributed by atoms with Gasteiger partial charge in [-0.25, -0.2) is 14.4 Å². The molecule has 0 fully saturated rings. The molecule has 0 N–H and O–H groups in total. The van der Waals surface area contributed by atoms with Gasteiger partial charge in [-0.3, -0.25) is 4.57 Å². The lowest BCUT2D eigenvalue weighted by molar-refractivity contribution is -0.139. The first-order valence-corrected chi connectivity index (χ1v) is 12.0. The van der Waals surface area contributed by atoms with Gasteiger partial charge in [0.25, 0.3) is 0 Å². The van der Waals surface area contributed by atoms with Crippen molar-refractivity contribution in [3.63, 3.8) is 0 Å². The molecule has 1 amide bonds. The van der Waals surface area contributed by atoms with Crippen LogP contribution in [0, 0.1) is 0 Å². The predicted octanol–water partition coefficient (Wildman–Crippen LogP) is 5.77. The molecule has 0 spiro atoms. The van der Waals surface area contributed by atoms with Crippen LogP contribution in [0.3, 0.4) is 0 Å². The van der Waals surface area contributed by atoms with E-state index in [-0.39, 0.29) is 6.61 Å². The van der Waals surface area contributed by atoms with Gasteiger partial charge in [0.1, 0.15) is 11.2 Å². The van der Waals surface area contributed by atoms with Crippen LogP contribution >= 0.6 is 0 Å². The third kappa shape index (κ3) is 6.05. The first kappa shape index (κ1) is 26.3. The van der Waals surface area contributed by atoms with Crippen LogP contribution in [-0.4, -0.2) is 58.0 Å². The number of amides is 1. The van der Waals surface area contributed by atoms with E-state index in [9.17, 15) is 14.4 Å². The summed E-state index contributed by atoms with van der Waals surface area (Å²) in [7, 11) is 0. The molecule has 2 aromatic rings. The van der Waals surface area contributed by atoms with Gasteiger partial charge >= 0.3 is 18.2 Å². The molecule has 190 valence electrons. The number of ether oxygens (including phenoxy) is 3. The molecule has 1 atom stereocenters. The average molecular weight is 485 g/mol. The quantitative estimate of drug-likeness (QED) is 0.406. The Hall–Kier alpha value is -3.29. The Balaban J connectivity index is 2.06. The van der Waals surface area contributed by atoms with Gasteiger partial charge in [-0.15, -0.1) is 0 Å². The second-order valence-corrected chi connectivity index (χ2v) is 10.7. The van der Waals surface area contributed by atoms with Crippen molar-refractivity contribution >= 4 is 34.6 Å². The summed E-state index contributed by atoms with van der Waals surface area (Å²) in [5.74, 6) is -0.467. The predicted molar refractivity (Wildman–Crippen MR) is 134 cm³/mol. The van der Waals surface area contributed by atoms with Gasteiger partial charge in [0.2, 0.25) is 0 Å². The van der Waals surface area contributed by atoms with E-state index >= 15 is 0 Å². The van der Waals surface area contributed by atoms with Crippen molar-refractivity contribution < 1.29 is 28.6 Å². The minimum absolute atomic E-state index is 0.218. The second-order valence-electron chi connectivity index (χ2n) is 10.7. The highest BCUT2D eigenvalue weighted by Gasteiger charge is 2.36. The van der Waals surface area contributed by atoms with Gasteiger partial charge in [0.15, 0.2) is 0 Å². The van der Waals surface area contributed by atoms with Crippen molar-refractivity contribution in [2.24, 2.45) is 0 Å². The Labute approximate surface area is 206 Å². The summed E-state index contributed by atoms with van der Waals surface area (Å²) in [6.07, 6.45) is 1.17. The fourth-order valence-electron chi connectivity index (χ4n) is 4.13. The molecule has 3 rings (SSSR count). The molecule has 1 aromatic heterocycles. The zero-order valence-electron chi connectivity index (χ0n) is 21.9. The molecule has 0 saturated carbocycles. The Bertz CT molecular complexity index is 1160. The van der Waals surface area contributed by atoms with Crippen LogP contribution in [0.15, 0.2) is 36.0 Å². The zero-order chi connectivity index (χ0) is 26.1. The van der Waals surface area contributed by atoms with Gasteiger partial charge in [-0.2, -0.15) is 0 Å². The highest BCUT2D eigenvalue weighted by atomic mass is 16.6. The molecule has 8 nitrogen and oxygen atoms in total. The zero-order valence-corrected chi connectivity index (χ0v) is 21.9. The number of nitrogens with zero attached hydrogens (tertiary/aromatic N) is 2. The summed E-state index contributed by atoms with van der Waals surface area (Å²) >= 11 is 0. The molecular formula is C27H36N2O6. The monoisotopic (exact) mass is 484 g/mol. The van der Waals surface area contributed by atoms with E-state index < -0.39 is 35.4 Å². The summed E-state index contributed by atoms with van der Waals surface area (Å²) in [5.41, 5.74) is 1.39. The van der Waals surface area contributed by atoms with Crippen molar-refractivity contribution in [3.8, 4) is 0 Å². The largest absolute Gasteiger partial charge is 0.463 e. The Morgan fingerprint density at radius 2 is 1.60 bits per heavy atom. The number of fused-ring (bicyclic) bond motifs is 1. The number of rotatable bonds is 3. The van der Waals surface area contributed by atoms with E-state index in [4.69, 9.17) is 14.2 Å². The topological polar surface area (TPSA) is 87.1 Å². The van der Waals surface area contributed by atoms with Crippen molar-refractivity contribution in [1.29, 1.82) is 0 Å². The van der Waals surface area contributed by atoms with Gasteiger partial charge < -0.3 is 19.1 Å². The molecule has 0 radical (unpaired) electrons. The Kier molecular flexibility index (Phi) is 7.34. The van der Waals surface area contributed by atoms with Crippen molar-refractivity contribution in [2.75, 3.05) is 13.2 Å². The minimum Gasteiger partial charge on any atom is -0.463 e. The molecular weight excluding hydrogens is 448 g/mol. The summed E-state index contributed by atoms with van der Waals surface area (Å²) in [5, 5.41) is 0.872. The van der Waals surface area contributed by atoms with Gasteiger partial charge in [0.05, 0.1) is 23.7 Å². The smallest absolute Gasteiger partial charge is 0.418 e. The summed E-state index contributed by atoms with van der Waals surface area (Å²) in [6.45, 7) is 15.0. The van der Waals surface area contributed by atoms with Crippen LogP contribution in [0.2, 0.25) is 0 Å². The SMILES string of the molecule is CCOC(=O)C1=C(c2ccc3ccn(C(=O)OC(C)(C)C)c3c2)CCN(C(=O)OC(C)(C)C)[C@@H]1C. The maximum absolute atomic E-state index is 13.1. The molecule has 2 heterocycles. The van der Waals surface area contributed by atoms with E-state index in [1.165, 1.54) is 4.57 Å². The molecule has 0 unspecified atom stereocenters. The van der Waals surface area contributed by atoms with Crippen LogP contribution in [0.4, 0.5) is 9.59 Å². The normalized spacial score (nSPS) is 16.9. The standard InChI is InChI=1S/C27H36N2O6/c1-9-33-23(30)22-17(2)28(24(31)34-26(3,4)5)15-13-20(22)19-11-10-18-12-14-29(21(18)16-19)25(32)35-27(6,7)8/h10-12,14,16-17H,9,13,15H2,1-8H3/t17-/m1/s1. The molecule has 35 heavy (non-hydrogen) atoms. The molecule has 8 heteroatoms. The van der Waals surface area contributed by atoms with E-state index in [1.54, 1.807) is 24.9 Å². The summed E-state index contributed by atoms with van der Waals surface area (Å²) in [6, 6.07) is 7.01. The summed E-state index contributed by atoms with van der Waals surface area (Å²) in [4.78, 5) is 40.2. The maximum atomic E-state index is 13.1. The van der Waals surface area contributed by atoms with E-state index in [2.05, 4.69) is 0 Å². The maximum Gasteiger partial charge on any atom is 0.418 e. The number of carbonyl (C=O) groups excluding carboxylic acids is 3.